The molecule has 0 aromatic carbocycles. The van der Waals surface area contributed by atoms with Gasteiger partial charge in [0.05, 0.1) is 6.04 Å². The SMILES string of the molecule is C[C@H](NS(=O)(=O)O)C(NC(=O)/C(=N\OC(C)(C)C(=O)O)c1csc(N)n1)C(=O)O. The lowest BCUT2D eigenvalue weighted by atomic mass is 10.1. The Morgan fingerprint density at radius 3 is 2.34 bits per heavy atom. The molecule has 29 heavy (non-hydrogen) atoms. The Morgan fingerprint density at radius 2 is 1.93 bits per heavy atom. The van der Waals surface area contributed by atoms with Crippen LogP contribution in [0, 0.1) is 0 Å². The molecule has 16 heteroatoms. The molecule has 0 saturated carbocycles. The number of aliphatic carboxylic acids is 2. The number of oxime groups is 1. The molecule has 7 N–H and O–H groups in total. The summed E-state index contributed by atoms with van der Waals surface area (Å²) in [4.78, 5) is 43.8. The number of carboxylic acid groups (broad SMARTS) is 2. The normalized spacial score (nSPS) is 14.7. The quantitative estimate of drug-likeness (QED) is 0.138. The molecule has 0 fully saturated rings. The van der Waals surface area contributed by atoms with Crippen molar-refractivity contribution in [2.24, 2.45) is 5.16 Å². The van der Waals surface area contributed by atoms with E-state index in [1.165, 1.54) is 5.38 Å². The first kappa shape index (κ1) is 24.2. The van der Waals surface area contributed by atoms with Crippen molar-refractivity contribution in [3.63, 3.8) is 0 Å². The van der Waals surface area contributed by atoms with Crippen LogP contribution in [0.25, 0.3) is 0 Å². The minimum absolute atomic E-state index is 0.0363. The van der Waals surface area contributed by atoms with Gasteiger partial charge in [0, 0.05) is 5.38 Å². The Kier molecular flexibility index (Phi) is 7.62. The molecule has 162 valence electrons. The fourth-order valence-electron chi connectivity index (χ4n) is 1.71. The Labute approximate surface area is 168 Å². The lowest BCUT2D eigenvalue weighted by Gasteiger charge is -2.21. The molecule has 0 saturated heterocycles. The second-order valence-electron chi connectivity index (χ2n) is 6.09. The molecule has 1 rings (SSSR count). The van der Waals surface area contributed by atoms with E-state index in [4.69, 9.17) is 20.2 Å². The molecule has 1 aromatic rings. The molecular formula is C13H19N5O9S2. The zero-order chi connectivity index (χ0) is 22.6. The number of aromatic nitrogens is 1. The van der Waals surface area contributed by atoms with E-state index in [0.717, 1.165) is 32.1 Å². The van der Waals surface area contributed by atoms with E-state index in [1.807, 2.05) is 5.32 Å². The van der Waals surface area contributed by atoms with E-state index in [9.17, 15) is 27.9 Å². The summed E-state index contributed by atoms with van der Waals surface area (Å²) in [5, 5.41) is 25.1. The van der Waals surface area contributed by atoms with Gasteiger partial charge in [0.25, 0.3) is 5.91 Å². The number of hydrogen-bond donors (Lipinski definition) is 6. The average molecular weight is 453 g/mol. The predicted octanol–water partition coefficient (Wildman–Crippen LogP) is -1.34. The smallest absolute Gasteiger partial charge is 0.350 e. The number of amides is 1. The summed E-state index contributed by atoms with van der Waals surface area (Å²) < 4.78 is 32.2. The minimum Gasteiger partial charge on any atom is -0.480 e. The van der Waals surface area contributed by atoms with Gasteiger partial charge in [-0.1, -0.05) is 5.16 Å². The summed E-state index contributed by atoms with van der Waals surface area (Å²) in [6.45, 7) is 3.39. The molecule has 1 amide bonds. The van der Waals surface area contributed by atoms with Gasteiger partial charge < -0.3 is 26.1 Å². The third kappa shape index (κ3) is 7.26. The van der Waals surface area contributed by atoms with Crippen molar-refractivity contribution in [3.8, 4) is 0 Å². The topological polar surface area (TPSA) is 231 Å². The number of carbonyl (C=O) groups is 3. The fourth-order valence-corrected chi connectivity index (χ4v) is 2.87. The highest BCUT2D eigenvalue weighted by Crippen LogP contribution is 2.15. The summed E-state index contributed by atoms with van der Waals surface area (Å²) in [6.07, 6.45) is 0. The first-order valence-corrected chi connectivity index (χ1v) is 9.95. The summed E-state index contributed by atoms with van der Waals surface area (Å²) in [5.41, 5.74) is 2.93. The third-order valence-electron chi connectivity index (χ3n) is 3.25. The number of hydrogen-bond acceptors (Lipinski definition) is 10. The third-order valence-corrected chi connectivity index (χ3v) is 4.59. The van der Waals surface area contributed by atoms with Crippen molar-refractivity contribution in [1.29, 1.82) is 0 Å². The largest absolute Gasteiger partial charge is 0.480 e. The Hall–Kier alpha value is -2.82. The second-order valence-corrected chi connectivity index (χ2v) is 8.16. The maximum absolute atomic E-state index is 12.6. The molecule has 1 heterocycles. The lowest BCUT2D eigenvalue weighted by Crippen LogP contribution is -2.55. The molecule has 1 aromatic heterocycles. The Bertz CT molecular complexity index is 925. The van der Waals surface area contributed by atoms with Crippen LogP contribution in [-0.4, -0.2) is 69.4 Å². The number of carboxylic acids is 2. The van der Waals surface area contributed by atoms with Crippen LogP contribution in [0.2, 0.25) is 0 Å². The molecule has 14 nitrogen and oxygen atoms in total. The van der Waals surface area contributed by atoms with Crippen molar-refractivity contribution < 1.29 is 42.4 Å². The molecular weight excluding hydrogens is 434 g/mol. The van der Waals surface area contributed by atoms with Crippen LogP contribution in [0.5, 0.6) is 0 Å². The van der Waals surface area contributed by atoms with Crippen LogP contribution >= 0.6 is 11.3 Å². The van der Waals surface area contributed by atoms with Crippen LogP contribution in [0.4, 0.5) is 5.13 Å². The number of nitrogens with zero attached hydrogens (tertiary/aromatic N) is 2. The van der Waals surface area contributed by atoms with Crippen LogP contribution in [-0.2, 0) is 29.5 Å². The highest BCUT2D eigenvalue weighted by Gasteiger charge is 2.33. The van der Waals surface area contributed by atoms with Crippen LogP contribution in [0.15, 0.2) is 10.5 Å². The van der Waals surface area contributed by atoms with Gasteiger partial charge in [0.1, 0.15) is 11.7 Å². The Balaban J connectivity index is 3.22. The van der Waals surface area contributed by atoms with Crippen molar-refractivity contribution >= 4 is 50.3 Å². The van der Waals surface area contributed by atoms with E-state index in [1.54, 1.807) is 4.72 Å². The Morgan fingerprint density at radius 1 is 1.34 bits per heavy atom. The standard InChI is InChI=1S/C13H19N5O9S2/c1-5(18-29(24,25)26)7(10(20)21)16-9(19)8(6-4-28-12(14)15-6)17-27-13(2,3)11(22)23/h4-5,7,18H,1-3H3,(H2,14,15)(H,16,19)(H,20,21)(H,22,23)(H,24,25,26)/b17-8-/t5-,7?/m0/s1. The first-order chi connectivity index (χ1) is 13.1. The van der Waals surface area contributed by atoms with Crippen molar-refractivity contribution in [2.75, 3.05) is 5.73 Å². The number of carbonyl (C=O) groups excluding carboxylic acids is 1. The molecule has 0 radical (unpaired) electrons. The maximum atomic E-state index is 12.6. The molecule has 1 unspecified atom stereocenters. The molecule has 0 aliphatic rings. The molecule has 2 atom stereocenters. The number of nitrogens with two attached hydrogens (primary N) is 1. The van der Waals surface area contributed by atoms with E-state index in [2.05, 4.69) is 10.1 Å². The van der Waals surface area contributed by atoms with Gasteiger partial charge in [0.2, 0.25) is 5.60 Å². The fraction of sp³-hybridized carbons (Fsp3) is 0.462. The maximum Gasteiger partial charge on any atom is 0.350 e. The number of rotatable bonds is 10. The van der Waals surface area contributed by atoms with Gasteiger partial charge >= 0.3 is 22.2 Å². The molecule has 0 spiro atoms. The molecule has 0 aliphatic heterocycles. The van der Waals surface area contributed by atoms with Crippen molar-refractivity contribution in [3.05, 3.63) is 11.1 Å². The van der Waals surface area contributed by atoms with Crippen LogP contribution in [0.3, 0.4) is 0 Å². The number of anilines is 1. The average Bonchev–Trinajstić information content (AvgIpc) is 2.96. The second kappa shape index (κ2) is 9.12. The summed E-state index contributed by atoms with van der Waals surface area (Å²) >= 11 is 0.922. The summed E-state index contributed by atoms with van der Waals surface area (Å²) in [7, 11) is -4.76. The zero-order valence-corrected chi connectivity index (χ0v) is 16.9. The van der Waals surface area contributed by atoms with E-state index in [-0.39, 0.29) is 10.8 Å². The van der Waals surface area contributed by atoms with Gasteiger partial charge in [-0.3, -0.25) is 9.35 Å². The van der Waals surface area contributed by atoms with Gasteiger partial charge in [-0.2, -0.15) is 13.1 Å². The number of thiazole rings is 1. The van der Waals surface area contributed by atoms with E-state index < -0.39 is 51.5 Å². The molecule has 0 bridgehead atoms. The van der Waals surface area contributed by atoms with E-state index >= 15 is 0 Å². The lowest BCUT2D eigenvalue weighted by molar-refractivity contribution is -0.161. The van der Waals surface area contributed by atoms with Gasteiger partial charge in [-0.15, -0.1) is 11.3 Å². The molecule has 0 aliphatic carbocycles. The predicted molar refractivity (Wildman–Crippen MR) is 99.6 cm³/mol. The monoisotopic (exact) mass is 453 g/mol. The van der Waals surface area contributed by atoms with Crippen molar-refractivity contribution in [1.82, 2.24) is 15.0 Å². The minimum atomic E-state index is -4.76. The summed E-state index contributed by atoms with van der Waals surface area (Å²) in [5.74, 6) is -4.20. The summed E-state index contributed by atoms with van der Waals surface area (Å²) in [6, 6.07) is -3.30. The van der Waals surface area contributed by atoms with Crippen LogP contribution in [0.1, 0.15) is 26.5 Å². The van der Waals surface area contributed by atoms with Crippen molar-refractivity contribution in [2.45, 2.75) is 38.5 Å². The van der Waals surface area contributed by atoms with Gasteiger partial charge in [-0.05, 0) is 20.8 Å². The number of nitrogen functional groups attached to an aromatic ring is 1. The zero-order valence-electron chi connectivity index (χ0n) is 15.3. The van der Waals surface area contributed by atoms with Gasteiger partial charge in [0.15, 0.2) is 10.8 Å². The first-order valence-electron chi connectivity index (χ1n) is 7.63. The van der Waals surface area contributed by atoms with Crippen LogP contribution < -0.4 is 15.8 Å². The van der Waals surface area contributed by atoms with E-state index in [0.29, 0.717) is 0 Å². The van der Waals surface area contributed by atoms with Gasteiger partial charge in [-0.25, -0.2) is 14.6 Å². The highest BCUT2D eigenvalue weighted by molar-refractivity contribution is 7.83. The number of nitrogens with one attached hydrogen (secondary N) is 2. The highest BCUT2D eigenvalue weighted by atomic mass is 32.2.